The van der Waals surface area contributed by atoms with E-state index < -0.39 is 11.9 Å². The highest BCUT2D eigenvalue weighted by molar-refractivity contribution is 5.70. The topological polar surface area (TPSA) is 67.5 Å². The highest BCUT2D eigenvalue weighted by Gasteiger charge is 2.14. The van der Waals surface area contributed by atoms with Gasteiger partial charge in [-0.2, -0.15) is 0 Å². The molecule has 15 heavy (non-hydrogen) atoms. The van der Waals surface area contributed by atoms with Gasteiger partial charge in [0.25, 0.3) is 0 Å². The molecule has 1 N–H and O–H groups in total. The molecular weight excluding hydrogens is 194 g/mol. The molecule has 0 aliphatic rings. The van der Waals surface area contributed by atoms with Crippen LogP contribution in [0.25, 0.3) is 5.65 Å². The zero-order valence-electron chi connectivity index (χ0n) is 8.29. The zero-order valence-corrected chi connectivity index (χ0v) is 8.29. The predicted octanol–water partition coefficient (Wildman–Crippen LogP) is 0.992. The highest BCUT2D eigenvalue weighted by Crippen LogP contribution is 2.13. The van der Waals surface area contributed by atoms with Crippen molar-refractivity contribution in [2.24, 2.45) is 5.92 Å². The Morgan fingerprint density at radius 2 is 2.47 bits per heavy atom. The first kappa shape index (κ1) is 9.64. The molecule has 0 aromatic carbocycles. The van der Waals surface area contributed by atoms with E-state index in [4.69, 9.17) is 5.11 Å². The van der Waals surface area contributed by atoms with Crippen LogP contribution in [0.3, 0.4) is 0 Å². The van der Waals surface area contributed by atoms with Crippen molar-refractivity contribution in [3.8, 4) is 0 Å². The summed E-state index contributed by atoms with van der Waals surface area (Å²) in [4.78, 5) is 10.7. The van der Waals surface area contributed by atoms with Crippen molar-refractivity contribution in [2.75, 3.05) is 0 Å². The molecular formula is C10H11N3O2. The molecule has 0 aliphatic heterocycles. The van der Waals surface area contributed by atoms with Gasteiger partial charge < -0.3 is 5.11 Å². The standard InChI is InChI=1S/C10H11N3O2/c1-7(10(14)15)5-8-3-2-4-13-6-11-12-9(8)13/h2-4,6-7H,5H2,1H3,(H,14,15). The molecule has 2 rings (SSSR count). The number of nitrogens with zero attached hydrogens (tertiary/aromatic N) is 3. The molecule has 0 aliphatic carbocycles. The fraction of sp³-hybridized carbons (Fsp3) is 0.300. The third-order valence-electron chi connectivity index (χ3n) is 2.35. The summed E-state index contributed by atoms with van der Waals surface area (Å²) in [5.41, 5.74) is 1.63. The fourth-order valence-electron chi connectivity index (χ4n) is 1.48. The van der Waals surface area contributed by atoms with Gasteiger partial charge in [0.2, 0.25) is 0 Å². The molecule has 0 radical (unpaired) electrons. The SMILES string of the molecule is CC(Cc1cccn2cnnc12)C(=O)O. The van der Waals surface area contributed by atoms with Gasteiger partial charge in [0.15, 0.2) is 5.65 Å². The zero-order chi connectivity index (χ0) is 10.8. The van der Waals surface area contributed by atoms with Gasteiger partial charge >= 0.3 is 5.97 Å². The van der Waals surface area contributed by atoms with E-state index in [2.05, 4.69) is 10.2 Å². The highest BCUT2D eigenvalue weighted by atomic mass is 16.4. The van der Waals surface area contributed by atoms with Gasteiger partial charge in [0, 0.05) is 6.20 Å². The average Bonchev–Trinajstić information content (AvgIpc) is 2.66. The first-order chi connectivity index (χ1) is 7.18. The van der Waals surface area contributed by atoms with Crippen LogP contribution in [0.5, 0.6) is 0 Å². The van der Waals surface area contributed by atoms with Crippen LogP contribution < -0.4 is 0 Å². The molecule has 0 fully saturated rings. The molecule has 2 aromatic rings. The normalized spacial score (nSPS) is 12.9. The van der Waals surface area contributed by atoms with Gasteiger partial charge in [-0.3, -0.25) is 9.20 Å². The maximum Gasteiger partial charge on any atom is 0.306 e. The molecule has 1 unspecified atom stereocenters. The Bertz CT molecular complexity index is 492. The van der Waals surface area contributed by atoms with Crippen LogP contribution in [0.15, 0.2) is 24.7 Å². The first-order valence-corrected chi connectivity index (χ1v) is 4.68. The number of aliphatic carboxylic acids is 1. The Hall–Kier alpha value is -1.91. The Labute approximate surface area is 86.4 Å². The van der Waals surface area contributed by atoms with Crippen molar-refractivity contribution in [3.63, 3.8) is 0 Å². The lowest BCUT2D eigenvalue weighted by Crippen LogP contribution is -2.12. The van der Waals surface area contributed by atoms with E-state index in [9.17, 15) is 4.79 Å². The number of pyridine rings is 1. The molecule has 5 heteroatoms. The van der Waals surface area contributed by atoms with Gasteiger partial charge in [-0.05, 0) is 18.1 Å². The molecule has 2 heterocycles. The van der Waals surface area contributed by atoms with E-state index in [0.29, 0.717) is 6.42 Å². The van der Waals surface area contributed by atoms with Crippen LogP contribution in [-0.2, 0) is 11.2 Å². The summed E-state index contributed by atoms with van der Waals surface area (Å²) in [7, 11) is 0. The van der Waals surface area contributed by atoms with E-state index in [1.54, 1.807) is 17.7 Å². The second kappa shape index (κ2) is 3.68. The van der Waals surface area contributed by atoms with E-state index >= 15 is 0 Å². The molecule has 78 valence electrons. The molecule has 5 nitrogen and oxygen atoms in total. The summed E-state index contributed by atoms with van der Waals surface area (Å²) >= 11 is 0. The van der Waals surface area contributed by atoms with Gasteiger partial charge in [0.1, 0.15) is 6.33 Å². The second-order valence-corrected chi connectivity index (χ2v) is 3.54. The van der Waals surface area contributed by atoms with Crippen molar-refractivity contribution in [1.29, 1.82) is 0 Å². The average molecular weight is 205 g/mol. The predicted molar refractivity (Wildman–Crippen MR) is 53.5 cm³/mol. The molecule has 2 aromatic heterocycles. The number of hydrogen-bond acceptors (Lipinski definition) is 3. The minimum Gasteiger partial charge on any atom is -0.481 e. The third kappa shape index (κ3) is 1.81. The Morgan fingerprint density at radius 1 is 1.67 bits per heavy atom. The molecule has 0 saturated carbocycles. The molecule has 0 saturated heterocycles. The molecule has 1 atom stereocenters. The monoisotopic (exact) mass is 205 g/mol. The Balaban J connectivity index is 2.35. The summed E-state index contributed by atoms with van der Waals surface area (Å²) < 4.78 is 1.78. The van der Waals surface area contributed by atoms with Gasteiger partial charge in [-0.15, -0.1) is 10.2 Å². The van der Waals surface area contributed by atoms with Gasteiger partial charge in [-0.25, -0.2) is 0 Å². The lowest BCUT2D eigenvalue weighted by atomic mass is 10.0. The largest absolute Gasteiger partial charge is 0.481 e. The lowest BCUT2D eigenvalue weighted by molar-refractivity contribution is -0.141. The van der Waals surface area contributed by atoms with Crippen LogP contribution in [0, 0.1) is 5.92 Å². The second-order valence-electron chi connectivity index (χ2n) is 3.54. The summed E-state index contributed by atoms with van der Waals surface area (Å²) in [5, 5.41) is 16.6. The Kier molecular flexibility index (Phi) is 2.37. The summed E-state index contributed by atoms with van der Waals surface area (Å²) in [6.45, 7) is 1.68. The number of carbonyl (C=O) groups is 1. The number of rotatable bonds is 3. The van der Waals surface area contributed by atoms with E-state index in [-0.39, 0.29) is 0 Å². The van der Waals surface area contributed by atoms with Crippen LogP contribution in [-0.4, -0.2) is 25.7 Å². The number of aromatic nitrogens is 3. The number of hydrogen-bond donors (Lipinski definition) is 1. The van der Waals surface area contributed by atoms with Gasteiger partial charge in [-0.1, -0.05) is 13.0 Å². The third-order valence-corrected chi connectivity index (χ3v) is 2.35. The van der Waals surface area contributed by atoms with Crippen LogP contribution >= 0.6 is 0 Å². The lowest BCUT2D eigenvalue weighted by Gasteiger charge is -2.06. The van der Waals surface area contributed by atoms with Crippen molar-refractivity contribution in [1.82, 2.24) is 14.6 Å². The van der Waals surface area contributed by atoms with E-state index in [1.807, 2.05) is 18.3 Å². The summed E-state index contributed by atoms with van der Waals surface area (Å²) in [5.74, 6) is -1.20. The van der Waals surface area contributed by atoms with Crippen LogP contribution in [0.4, 0.5) is 0 Å². The fourth-order valence-corrected chi connectivity index (χ4v) is 1.48. The minimum absolute atomic E-state index is 0.409. The molecule has 0 bridgehead atoms. The quantitative estimate of drug-likeness (QED) is 0.811. The summed E-state index contributed by atoms with van der Waals surface area (Å²) in [6, 6.07) is 3.74. The maximum atomic E-state index is 10.7. The Morgan fingerprint density at radius 3 is 3.20 bits per heavy atom. The van der Waals surface area contributed by atoms with E-state index in [0.717, 1.165) is 11.2 Å². The van der Waals surface area contributed by atoms with E-state index in [1.165, 1.54) is 0 Å². The number of carboxylic acid groups (broad SMARTS) is 1. The van der Waals surface area contributed by atoms with Gasteiger partial charge in [0.05, 0.1) is 5.92 Å². The van der Waals surface area contributed by atoms with Crippen molar-refractivity contribution in [2.45, 2.75) is 13.3 Å². The smallest absolute Gasteiger partial charge is 0.306 e. The summed E-state index contributed by atoms with van der Waals surface area (Å²) in [6.07, 6.45) is 3.91. The van der Waals surface area contributed by atoms with Crippen LogP contribution in [0.1, 0.15) is 12.5 Å². The van der Waals surface area contributed by atoms with Crippen LogP contribution in [0.2, 0.25) is 0 Å². The number of carboxylic acids is 1. The maximum absolute atomic E-state index is 10.7. The van der Waals surface area contributed by atoms with Crippen molar-refractivity contribution >= 4 is 11.6 Å². The number of fused-ring (bicyclic) bond motifs is 1. The first-order valence-electron chi connectivity index (χ1n) is 4.68. The van der Waals surface area contributed by atoms with Crippen molar-refractivity contribution < 1.29 is 9.90 Å². The van der Waals surface area contributed by atoms with Crippen molar-refractivity contribution in [3.05, 3.63) is 30.2 Å². The molecule has 0 amide bonds. The minimum atomic E-state index is -0.795. The molecule has 0 spiro atoms.